The summed E-state index contributed by atoms with van der Waals surface area (Å²) in [6, 6.07) is 17.3. The van der Waals surface area contributed by atoms with Gasteiger partial charge in [0, 0.05) is 58.2 Å². The van der Waals surface area contributed by atoms with Crippen LogP contribution in [0.2, 0.25) is 0 Å². The van der Waals surface area contributed by atoms with Gasteiger partial charge in [-0.1, -0.05) is 48.2 Å². The minimum absolute atomic E-state index is 0.0481. The number of hydrogen-bond donors (Lipinski definition) is 1. The Morgan fingerprint density at radius 3 is 2.38 bits per heavy atom. The van der Waals surface area contributed by atoms with Crippen LogP contribution in [0.15, 0.2) is 81.8 Å². The van der Waals surface area contributed by atoms with Gasteiger partial charge in [0.2, 0.25) is 5.95 Å². The summed E-state index contributed by atoms with van der Waals surface area (Å²) in [6.45, 7) is 7.76. The first-order valence-corrected chi connectivity index (χ1v) is 16.6. The summed E-state index contributed by atoms with van der Waals surface area (Å²) in [6.07, 6.45) is 11.0. The molecule has 1 unspecified atom stereocenters. The van der Waals surface area contributed by atoms with Crippen LogP contribution < -0.4 is 9.62 Å². The standard InChI is InChI=1S/C30H35N5OS3/c1-29(2,3)39(36)33-26-20-34(15-13-30(26)17-21-9-5-6-10-22(21)18-30)28-32-19-25(27-31-14-16-35(27)28)38-24-12-8-7-11-23(24)37-4/h5-12,14,16,19,26,33H,13,15,17-18,20H2,1-4H3/t26?,39-/m1/s1. The molecule has 0 saturated carbocycles. The average molecular weight is 578 g/mol. The fourth-order valence-electron chi connectivity index (χ4n) is 5.84. The summed E-state index contributed by atoms with van der Waals surface area (Å²) in [5, 5.41) is 0. The van der Waals surface area contributed by atoms with E-state index in [2.05, 4.69) is 68.8 Å². The molecule has 1 N–H and O–H groups in total. The molecule has 6 nitrogen and oxygen atoms in total. The summed E-state index contributed by atoms with van der Waals surface area (Å²) in [5.41, 5.74) is 3.83. The Morgan fingerprint density at radius 2 is 1.69 bits per heavy atom. The lowest BCUT2D eigenvalue weighted by Gasteiger charge is -2.46. The summed E-state index contributed by atoms with van der Waals surface area (Å²) < 4.78 is 18.8. The van der Waals surface area contributed by atoms with Gasteiger partial charge < -0.3 is 9.45 Å². The molecule has 1 aliphatic heterocycles. The van der Waals surface area contributed by atoms with Crippen LogP contribution in [-0.4, -0.2) is 49.1 Å². The first-order valence-electron chi connectivity index (χ1n) is 13.4. The number of thioether (sulfide) groups is 1. The predicted octanol–water partition coefficient (Wildman–Crippen LogP) is 6.02. The predicted molar refractivity (Wildman–Crippen MR) is 163 cm³/mol. The molecule has 1 saturated heterocycles. The zero-order chi connectivity index (χ0) is 27.2. The summed E-state index contributed by atoms with van der Waals surface area (Å²) in [7, 11) is 0. The number of anilines is 1. The van der Waals surface area contributed by atoms with E-state index in [9.17, 15) is 4.55 Å². The number of benzene rings is 2. The van der Waals surface area contributed by atoms with Gasteiger partial charge in [-0.2, -0.15) is 0 Å². The van der Waals surface area contributed by atoms with E-state index in [4.69, 9.17) is 9.97 Å². The van der Waals surface area contributed by atoms with Crippen molar-refractivity contribution in [2.75, 3.05) is 24.2 Å². The normalized spacial score (nSPS) is 19.5. The molecular weight excluding hydrogens is 543 g/mol. The minimum atomic E-state index is -1.16. The van der Waals surface area contributed by atoms with E-state index >= 15 is 0 Å². The highest BCUT2D eigenvalue weighted by atomic mass is 32.2. The summed E-state index contributed by atoms with van der Waals surface area (Å²) >= 11 is 2.30. The third-order valence-corrected chi connectivity index (χ3v) is 11.6. The smallest absolute Gasteiger partial charge is 0.211 e. The van der Waals surface area contributed by atoms with Crippen molar-refractivity contribution in [3.05, 3.63) is 78.2 Å². The zero-order valence-corrected chi connectivity index (χ0v) is 25.3. The van der Waals surface area contributed by atoms with Crippen molar-refractivity contribution < 1.29 is 4.55 Å². The maximum atomic E-state index is 13.4. The van der Waals surface area contributed by atoms with Crippen LogP contribution >= 0.6 is 23.5 Å². The first kappa shape index (κ1) is 27.0. The van der Waals surface area contributed by atoms with Gasteiger partial charge >= 0.3 is 0 Å². The second-order valence-electron chi connectivity index (χ2n) is 11.5. The molecule has 2 atom stereocenters. The molecule has 9 heteroatoms. The van der Waals surface area contributed by atoms with Crippen LogP contribution in [0.4, 0.5) is 5.95 Å². The van der Waals surface area contributed by atoms with Gasteiger partial charge in [-0.05, 0) is 69.5 Å². The van der Waals surface area contributed by atoms with E-state index in [1.54, 1.807) is 23.5 Å². The van der Waals surface area contributed by atoms with E-state index in [-0.39, 0.29) is 16.2 Å². The lowest BCUT2D eigenvalue weighted by molar-refractivity contribution is 0.179. The third kappa shape index (κ3) is 5.20. The molecule has 2 aromatic carbocycles. The Morgan fingerprint density at radius 1 is 1.00 bits per heavy atom. The van der Waals surface area contributed by atoms with Crippen LogP contribution in [0.3, 0.4) is 0 Å². The Hall–Kier alpha value is -2.17. The highest BCUT2D eigenvalue weighted by molar-refractivity contribution is 8.02. The van der Waals surface area contributed by atoms with Crippen molar-refractivity contribution in [2.45, 2.75) is 65.5 Å². The molecular formula is C30H35N5OS3. The highest BCUT2D eigenvalue weighted by Crippen LogP contribution is 2.46. The molecule has 0 radical (unpaired) electrons. The van der Waals surface area contributed by atoms with Crippen LogP contribution in [-0.2, 0) is 24.2 Å². The Bertz CT molecular complexity index is 1460. The quantitative estimate of drug-likeness (QED) is 0.222. The maximum Gasteiger partial charge on any atom is 0.211 e. The van der Waals surface area contributed by atoms with E-state index in [0.29, 0.717) is 0 Å². The van der Waals surface area contributed by atoms with Crippen molar-refractivity contribution in [2.24, 2.45) is 5.41 Å². The van der Waals surface area contributed by atoms with Crippen molar-refractivity contribution in [3.8, 4) is 0 Å². The van der Waals surface area contributed by atoms with Crippen LogP contribution in [0, 0.1) is 5.41 Å². The molecule has 39 heavy (non-hydrogen) atoms. The van der Waals surface area contributed by atoms with Gasteiger partial charge in [0.25, 0.3) is 0 Å². The van der Waals surface area contributed by atoms with E-state index in [0.717, 1.165) is 48.8 Å². The highest BCUT2D eigenvalue weighted by Gasteiger charge is 2.50. The van der Waals surface area contributed by atoms with Crippen molar-refractivity contribution >= 4 is 46.5 Å². The molecule has 1 spiro atoms. The first-order chi connectivity index (χ1) is 18.8. The Labute approximate surface area is 242 Å². The lowest BCUT2D eigenvalue weighted by Crippen LogP contribution is -2.61. The second kappa shape index (κ2) is 10.7. The number of rotatable bonds is 6. The number of piperidine rings is 1. The number of nitrogens with zero attached hydrogens (tertiary/aromatic N) is 4. The Balaban J connectivity index is 1.31. The van der Waals surface area contributed by atoms with Gasteiger partial charge in [0.1, 0.15) is 4.75 Å². The summed E-state index contributed by atoms with van der Waals surface area (Å²) in [4.78, 5) is 15.6. The molecule has 6 rings (SSSR count). The fraction of sp³-hybridized carbons (Fsp3) is 0.400. The largest absolute Gasteiger partial charge is 0.598 e. The van der Waals surface area contributed by atoms with Crippen molar-refractivity contribution in [1.82, 2.24) is 19.1 Å². The van der Waals surface area contributed by atoms with Crippen molar-refractivity contribution in [3.63, 3.8) is 0 Å². The number of imidazole rings is 1. The number of nitrogens with one attached hydrogen (secondary N) is 1. The number of aromatic nitrogens is 3. The average Bonchev–Trinajstić information content (AvgIpc) is 3.56. The lowest BCUT2D eigenvalue weighted by atomic mass is 9.72. The van der Waals surface area contributed by atoms with Gasteiger partial charge in [-0.25, -0.2) is 9.97 Å². The second-order valence-corrected chi connectivity index (χ2v) is 15.5. The van der Waals surface area contributed by atoms with Gasteiger partial charge in [0.15, 0.2) is 5.65 Å². The third-order valence-electron chi connectivity index (χ3n) is 7.98. The molecule has 2 aromatic heterocycles. The topological polar surface area (TPSA) is 68.5 Å². The Kier molecular flexibility index (Phi) is 7.39. The van der Waals surface area contributed by atoms with Gasteiger partial charge in [0.05, 0.1) is 10.9 Å². The zero-order valence-electron chi connectivity index (χ0n) is 22.9. The van der Waals surface area contributed by atoms with E-state index in [1.165, 1.54) is 20.9 Å². The van der Waals surface area contributed by atoms with Crippen LogP contribution in [0.25, 0.3) is 5.65 Å². The molecule has 4 aromatic rings. The van der Waals surface area contributed by atoms with E-state index in [1.807, 2.05) is 39.4 Å². The minimum Gasteiger partial charge on any atom is -0.598 e. The van der Waals surface area contributed by atoms with Crippen LogP contribution in [0.5, 0.6) is 0 Å². The molecule has 204 valence electrons. The van der Waals surface area contributed by atoms with Crippen molar-refractivity contribution in [1.29, 1.82) is 0 Å². The molecule has 0 bridgehead atoms. The molecule has 1 aliphatic carbocycles. The molecule has 0 amide bonds. The monoisotopic (exact) mass is 577 g/mol. The fourth-order valence-corrected chi connectivity index (χ4v) is 8.54. The molecule has 2 aliphatic rings. The van der Waals surface area contributed by atoms with E-state index < -0.39 is 11.4 Å². The molecule has 3 heterocycles. The summed E-state index contributed by atoms with van der Waals surface area (Å²) in [5.74, 6) is 0.892. The van der Waals surface area contributed by atoms with Gasteiger partial charge in [-0.3, -0.25) is 4.40 Å². The molecule has 1 fully saturated rings. The maximum absolute atomic E-state index is 13.4. The van der Waals surface area contributed by atoms with Gasteiger partial charge in [-0.15, -0.1) is 16.5 Å². The number of hydrogen-bond acceptors (Lipinski definition) is 7. The SMILES string of the molecule is CSc1ccccc1Sc1cnc(N2CCC3(Cc4ccccc4C3)C(N[S@+]([O-])C(C)(C)C)C2)n2ccnc12. The van der Waals surface area contributed by atoms with Crippen LogP contribution in [0.1, 0.15) is 38.3 Å². The number of fused-ring (bicyclic) bond motifs is 2.